The van der Waals surface area contributed by atoms with Gasteiger partial charge in [-0.2, -0.15) is 12.6 Å². The highest BCUT2D eigenvalue weighted by Gasteiger charge is 2.21. The minimum Gasteiger partial charge on any atom is -0.364 e. The molecule has 0 unspecified atom stereocenters. The van der Waals surface area contributed by atoms with Gasteiger partial charge in [-0.25, -0.2) is 0 Å². The molecule has 0 aliphatic carbocycles. The van der Waals surface area contributed by atoms with E-state index in [1.807, 2.05) is 18.3 Å². The second kappa shape index (κ2) is 4.55. The molecule has 0 spiro atoms. The minimum absolute atomic E-state index is 0.0343. The molecule has 1 amide bonds. The molecule has 0 saturated carbocycles. The Balaban J connectivity index is 2.54. The molecule has 0 fully saturated rings. The van der Waals surface area contributed by atoms with Crippen molar-refractivity contribution in [2.24, 2.45) is 0 Å². The molecule has 1 aromatic rings. The topological polar surface area (TPSA) is 44.9 Å². The average Bonchev–Trinajstić information content (AvgIpc) is 2.67. The van der Waals surface area contributed by atoms with Gasteiger partial charge in [0.25, 0.3) is 0 Å². The first kappa shape index (κ1) is 11.2. The van der Waals surface area contributed by atoms with Crippen LogP contribution in [0.3, 0.4) is 0 Å². The predicted molar refractivity (Wildman–Crippen MR) is 60.7 cm³/mol. The largest absolute Gasteiger partial charge is 0.364 e. The highest BCUT2D eigenvalue weighted by Crippen LogP contribution is 2.19. The summed E-state index contributed by atoms with van der Waals surface area (Å²) >= 11 is 3.90. The third kappa shape index (κ3) is 2.80. The van der Waals surface area contributed by atoms with Crippen LogP contribution >= 0.6 is 12.6 Å². The molecular weight excluding hydrogens is 196 g/mol. The van der Waals surface area contributed by atoms with Crippen molar-refractivity contribution in [3.8, 4) is 0 Å². The lowest BCUT2D eigenvalue weighted by atomic mass is 9.89. The molecule has 4 heteroatoms. The van der Waals surface area contributed by atoms with E-state index in [1.165, 1.54) is 0 Å². The Morgan fingerprint density at radius 1 is 1.64 bits per heavy atom. The Bertz CT molecular complexity index is 293. The predicted octanol–water partition coefficient (Wildman–Crippen LogP) is 1.34. The number of thiol groups is 1. The van der Waals surface area contributed by atoms with E-state index in [9.17, 15) is 4.79 Å². The lowest BCUT2D eigenvalue weighted by Gasteiger charge is -2.23. The molecule has 0 atom stereocenters. The number of carbonyl (C=O) groups is 1. The van der Waals surface area contributed by atoms with Crippen molar-refractivity contribution < 1.29 is 4.79 Å². The summed E-state index contributed by atoms with van der Waals surface area (Å²) in [6.07, 6.45) is 1.89. The van der Waals surface area contributed by atoms with Crippen LogP contribution in [-0.2, 0) is 10.2 Å². The number of rotatable bonds is 4. The van der Waals surface area contributed by atoms with Gasteiger partial charge in [0.05, 0.1) is 5.75 Å². The number of aromatic nitrogens is 1. The Morgan fingerprint density at radius 2 is 2.36 bits per heavy atom. The maximum Gasteiger partial charge on any atom is 0.229 e. The summed E-state index contributed by atoms with van der Waals surface area (Å²) in [4.78, 5) is 14.2. The summed E-state index contributed by atoms with van der Waals surface area (Å²) in [5.41, 5.74) is 1.05. The maximum atomic E-state index is 11.0. The average molecular weight is 212 g/mol. The molecule has 1 rings (SSSR count). The van der Waals surface area contributed by atoms with Gasteiger partial charge in [-0.3, -0.25) is 4.79 Å². The Morgan fingerprint density at radius 3 is 2.86 bits per heavy atom. The van der Waals surface area contributed by atoms with E-state index in [0.29, 0.717) is 6.54 Å². The van der Waals surface area contributed by atoms with Crippen LogP contribution in [0.1, 0.15) is 19.5 Å². The Hall–Kier alpha value is -0.900. The molecular formula is C10H16N2OS. The fraction of sp³-hybridized carbons (Fsp3) is 0.500. The molecule has 0 aliphatic heterocycles. The van der Waals surface area contributed by atoms with Gasteiger partial charge in [0, 0.05) is 23.9 Å². The van der Waals surface area contributed by atoms with E-state index in [-0.39, 0.29) is 17.1 Å². The van der Waals surface area contributed by atoms with Crippen molar-refractivity contribution in [3.63, 3.8) is 0 Å². The van der Waals surface area contributed by atoms with E-state index in [4.69, 9.17) is 0 Å². The normalized spacial score (nSPS) is 11.4. The van der Waals surface area contributed by atoms with Crippen molar-refractivity contribution >= 4 is 18.5 Å². The van der Waals surface area contributed by atoms with Gasteiger partial charge in [0.15, 0.2) is 0 Å². The molecule has 0 bridgehead atoms. The number of amides is 1. The van der Waals surface area contributed by atoms with Crippen LogP contribution in [0.4, 0.5) is 0 Å². The van der Waals surface area contributed by atoms with Crippen LogP contribution < -0.4 is 5.32 Å². The lowest BCUT2D eigenvalue weighted by molar-refractivity contribution is -0.118. The summed E-state index contributed by atoms with van der Waals surface area (Å²) in [5.74, 6) is 0.203. The van der Waals surface area contributed by atoms with Crippen molar-refractivity contribution in [1.82, 2.24) is 10.3 Å². The van der Waals surface area contributed by atoms with E-state index < -0.39 is 0 Å². The molecule has 78 valence electrons. The molecule has 0 radical (unpaired) electrons. The fourth-order valence-electron chi connectivity index (χ4n) is 1.22. The first-order valence-electron chi connectivity index (χ1n) is 4.58. The summed E-state index contributed by atoms with van der Waals surface area (Å²) in [7, 11) is 0. The quantitative estimate of drug-likeness (QED) is 0.648. The van der Waals surface area contributed by atoms with Crippen LogP contribution in [0.2, 0.25) is 0 Å². The van der Waals surface area contributed by atoms with Crippen molar-refractivity contribution in [3.05, 3.63) is 24.0 Å². The molecule has 0 aromatic carbocycles. The molecule has 0 aliphatic rings. The monoisotopic (exact) mass is 212 g/mol. The first-order valence-corrected chi connectivity index (χ1v) is 5.21. The highest BCUT2D eigenvalue weighted by molar-refractivity contribution is 7.81. The first-order chi connectivity index (χ1) is 6.56. The van der Waals surface area contributed by atoms with E-state index >= 15 is 0 Å². The summed E-state index contributed by atoms with van der Waals surface area (Å²) in [6.45, 7) is 4.78. The molecule has 1 heterocycles. The van der Waals surface area contributed by atoms with Crippen LogP contribution in [0.15, 0.2) is 18.3 Å². The van der Waals surface area contributed by atoms with Gasteiger partial charge >= 0.3 is 0 Å². The summed E-state index contributed by atoms with van der Waals surface area (Å²) in [6, 6.07) is 3.98. The number of carbonyl (C=O) groups excluding carboxylic acids is 1. The fourth-order valence-corrected chi connectivity index (χ4v) is 1.33. The number of hydrogen-bond acceptors (Lipinski definition) is 2. The zero-order valence-corrected chi connectivity index (χ0v) is 9.40. The third-order valence-corrected chi connectivity index (χ3v) is 2.49. The number of nitrogens with one attached hydrogen (secondary N) is 2. The molecule has 0 saturated heterocycles. The number of hydrogen-bond donors (Lipinski definition) is 3. The van der Waals surface area contributed by atoms with Gasteiger partial charge in [-0.15, -0.1) is 0 Å². The standard InChI is InChI=1S/C10H16N2OS/c1-10(2,7-12-9(13)6-14)8-4-3-5-11-8/h3-5,11,14H,6-7H2,1-2H3,(H,12,13). The van der Waals surface area contributed by atoms with Crippen molar-refractivity contribution in [2.45, 2.75) is 19.3 Å². The zero-order chi connectivity index (χ0) is 10.6. The SMILES string of the molecule is CC(C)(CNC(=O)CS)c1ccc[nH]1. The van der Waals surface area contributed by atoms with E-state index in [2.05, 4.69) is 36.8 Å². The number of aromatic amines is 1. The van der Waals surface area contributed by atoms with Crippen molar-refractivity contribution in [2.75, 3.05) is 12.3 Å². The minimum atomic E-state index is -0.0674. The summed E-state index contributed by atoms with van der Waals surface area (Å²) < 4.78 is 0. The third-order valence-electron chi connectivity index (χ3n) is 2.20. The zero-order valence-electron chi connectivity index (χ0n) is 8.50. The van der Waals surface area contributed by atoms with Gasteiger partial charge < -0.3 is 10.3 Å². The van der Waals surface area contributed by atoms with Crippen LogP contribution in [0.5, 0.6) is 0 Å². The van der Waals surface area contributed by atoms with Gasteiger partial charge in [0.2, 0.25) is 5.91 Å². The van der Waals surface area contributed by atoms with Crippen LogP contribution in [0, 0.1) is 0 Å². The van der Waals surface area contributed by atoms with Crippen LogP contribution in [0.25, 0.3) is 0 Å². The Kier molecular flexibility index (Phi) is 3.63. The van der Waals surface area contributed by atoms with Crippen LogP contribution in [-0.4, -0.2) is 23.2 Å². The lowest BCUT2D eigenvalue weighted by Crippen LogP contribution is -2.37. The molecule has 3 nitrogen and oxygen atoms in total. The van der Waals surface area contributed by atoms with E-state index in [1.54, 1.807) is 0 Å². The Labute approximate surface area is 89.7 Å². The van der Waals surface area contributed by atoms with E-state index in [0.717, 1.165) is 5.69 Å². The summed E-state index contributed by atoms with van der Waals surface area (Å²) in [5, 5.41) is 2.83. The molecule has 14 heavy (non-hydrogen) atoms. The smallest absolute Gasteiger partial charge is 0.229 e. The number of H-pyrrole nitrogens is 1. The van der Waals surface area contributed by atoms with Crippen molar-refractivity contribution in [1.29, 1.82) is 0 Å². The second-order valence-corrected chi connectivity index (χ2v) is 4.22. The second-order valence-electron chi connectivity index (χ2n) is 3.90. The molecule has 1 aromatic heterocycles. The van der Waals surface area contributed by atoms with Gasteiger partial charge in [-0.1, -0.05) is 13.8 Å². The van der Waals surface area contributed by atoms with Gasteiger partial charge in [-0.05, 0) is 12.1 Å². The maximum absolute atomic E-state index is 11.0. The van der Waals surface area contributed by atoms with Gasteiger partial charge in [0.1, 0.15) is 0 Å². The highest BCUT2D eigenvalue weighted by atomic mass is 32.1. The molecule has 2 N–H and O–H groups in total.